The lowest BCUT2D eigenvalue weighted by molar-refractivity contribution is -0.123. The van der Waals surface area contributed by atoms with E-state index in [-0.39, 0.29) is 11.5 Å². The highest BCUT2D eigenvalue weighted by Gasteiger charge is 2.24. The Morgan fingerprint density at radius 3 is 2.47 bits per heavy atom. The van der Waals surface area contributed by atoms with E-state index < -0.39 is 23.7 Å². The Hall–Kier alpha value is -3.26. The number of aryl methyl sites for hydroxylation is 1. The molecular weight excluding hydrogens is 477 g/mol. The van der Waals surface area contributed by atoms with E-state index in [1.807, 2.05) is 31.2 Å². The summed E-state index contributed by atoms with van der Waals surface area (Å²) >= 11 is 3.53. The number of rotatable bonds is 7. The van der Waals surface area contributed by atoms with Crippen LogP contribution in [0.15, 0.2) is 68.6 Å². The van der Waals surface area contributed by atoms with Crippen LogP contribution in [0.3, 0.4) is 0 Å². The molecule has 0 aliphatic carbocycles. The van der Waals surface area contributed by atoms with Gasteiger partial charge in [0.1, 0.15) is 23.4 Å². The first-order valence-electron chi connectivity index (χ1n) is 10.0. The van der Waals surface area contributed by atoms with Crippen LogP contribution in [0.1, 0.15) is 35.5 Å². The molecule has 32 heavy (non-hydrogen) atoms. The SMILES string of the molecule is Cc1ccc(-c2ccc(/C=N\NC(=O)[C@H](NC(=O)c3ccc(F)cc3)C(C)C)o2)c(Br)c1. The fourth-order valence-electron chi connectivity index (χ4n) is 2.98. The summed E-state index contributed by atoms with van der Waals surface area (Å²) in [7, 11) is 0. The van der Waals surface area contributed by atoms with Gasteiger partial charge >= 0.3 is 0 Å². The summed E-state index contributed by atoms with van der Waals surface area (Å²) in [4.78, 5) is 24.9. The number of hydrogen-bond acceptors (Lipinski definition) is 4. The van der Waals surface area contributed by atoms with Crippen molar-refractivity contribution in [2.24, 2.45) is 11.0 Å². The Morgan fingerprint density at radius 1 is 1.09 bits per heavy atom. The molecule has 0 saturated heterocycles. The van der Waals surface area contributed by atoms with Crippen molar-refractivity contribution in [1.29, 1.82) is 0 Å². The van der Waals surface area contributed by atoms with Crippen molar-refractivity contribution < 1.29 is 18.4 Å². The molecule has 2 N–H and O–H groups in total. The fourth-order valence-corrected chi connectivity index (χ4v) is 3.67. The van der Waals surface area contributed by atoms with Gasteiger partial charge in [-0.1, -0.05) is 35.8 Å². The van der Waals surface area contributed by atoms with E-state index in [1.54, 1.807) is 19.9 Å². The third kappa shape index (κ3) is 5.91. The molecule has 1 aromatic heterocycles. The maximum Gasteiger partial charge on any atom is 0.262 e. The molecule has 3 aromatic rings. The van der Waals surface area contributed by atoms with E-state index in [9.17, 15) is 14.0 Å². The van der Waals surface area contributed by atoms with Gasteiger partial charge in [0.15, 0.2) is 0 Å². The Bertz CT molecular complexity index is 1140. The first-order chi connectivity index (χ1) is 15.2. The molecule has 2 amide bonds. The van der Waals surface area contributed by atoms with Crippen molar-refractivity contribution in [2.45, 2.75) is 26.8 Å². The van der Waals surface area contributed by atoms with Gasteiger partial charge < -0.3 is 9.73 Å². The topological polar surface area (TPSA) is 83.7 Å². The zero-order valence-electron chi connectivity index (χ0n) is 17.9. The average molecular weight is 500 g/mol. The summed E-state index contributed by atoms with van der Waals surface area (Å²) in [5.41, 5.74) is 4.73. The lowest BCUT2D eigenvalue weighted by atomic mass is 10.0. The maximum absolute atomic E-state index is 13.1. The number of nitrogens with one attached hydrogen (secondary N) is 2. The van der Waals surface area contributed by atoms with Gasteiger partial charge in [-0.25, -0.2) is 9.82 Å². The number of benzene rings is 2. The van der Waals surface area contributed by atoms with Crippen LogP contribution in [0, 0.1) is 18.7 Å². The van der Waals surface area contributed by atoms with E-state index >= 15 is 0 Å². The number of amides is 2. The van der Waals surface area contributed by atoms with E-state index in [2.05, 4.69) is 31.8 Å². The highest BCUT2D eigenvalue weighted by atomic mass is 79.9. The molecule has 166 valence electrons. The molecule has 0 unspecified atom stereocenters. The fraction of sp³-hybridized carbons (Fsp3) is 0.208. The van der Waals surface area contributed by atoms with Gasteiger partial charge in [0, 0.05) is 15.6 Å². The standard InChI is InChI=1S/C24H23BrFN3O3/c1-14(2)22(28-23(30)16-5-7-17(26)8-6-16)24(31)29-27-13-18-9-11-21(32-18)19-10-4-15(3)12-20(19)25/h4-14,22H,1-3H3,(H,28,30)(H,29,31)/b27-13-/t22-/m1/s1. The Morgan fingerprint density at radius 2 is 1.81 bits per heavy atom. The molecule has 0 fully saturated rings. The highest BCUT2D eigenvalue weighted by molar-refractivity contribution is 9.10. The van der Waals surface area contributed by atoms with Crippen molar-refractivity contribution in [3.05, 3.63) is 81.8 Å². The third-order valence-corrected chi connectivity index (χ3v) is 5.38. The quantitative estimate of drug-likeness (QED) is 0.352. The molecule has 8 heteroatoms. The minimum absolute atomic E-state index is 0.191. The summed E-state index contributed by atoms with van der Waals surface area (Å²) in [6, 6.07) is 13.8. The molecule has 6 nitrogen and oxygen atoms in total. The minimum atomic E-state index is -0.819. The lowest BCUT2D eigenvalue weighted by Crippen LogP contribution is -2.48. The van der Waals surface area contributed by atoms with Crippen LogP contribution in [0.5, 0.6) is 0 Å². The van der Waals surface area contributed by atoms with Gasteiger partial charge in [0.25, 0.3) is 11.8 Å². The highest BCUT2D eigenvalue weighted by Crippen LogP contribution is 2.30. The largest absolute Gasteiger partial charge is 0.455 e. The monoisotopic (exact) mass is 499 g/mol. The van der Waals surface area contributed by atoms with Crippen molar-refractivity contribution in [3.8, 4) is 11.3 Å². The zero-order valence-corrected chi connectivity index (χ0v) is 19.4. The molecule has 0 radical (unpaired) electrons. The normalized spacial score (nSPS) is 12.2. The summed E-state index contributed by atoms with van der Waals surface area (Å²) in [5, 5.41) is 6.61. The van der Waals surface area contributed by atoms with Gasteiger partial charge in [-0.2, -0.15) is 5.10 Å². The molecule has 3 rings (SSSR count). The average Bonchev–Trinajstić information content (AvgIpc) is 3.20. The van der Waals surface area contributed by atoms with Crippen molar-refractivity contribution >= 4 is 34.0 Å². The second-order valence-electron chi connectivity index (χ2n) is 7.62. The summed E-state index contributed by atoms with van der Waals surface area (Å²) in [6.07, 6.45) is 1.39. The van der Waals surface area contributed by atoms with E-state index in [0.29, 0.717) is 11.5 Å². The summed E-state index contributed by atoms with van der Waals surface area (Å²) in [5.74, 6) is -0.448. The Labute approximate surface area is 194 Å². The van der Waals surface area contributed by atoms with Crippen molar-refractivity contribution in [3.63, 3.8) is 0 Å². The number of hydrazone groups is 1. The van der Waals surface area contributed by atoms with Gasteiger partial charge in [-0.05, 0) is 66.9 Å². The first-order valence-corrected chi connectivity index (χ1v) is 10.8. The molecule has 0 bridgehead atoms. The predicted molar refractivity (Wildman–Crippen MR) is 125 cm³/mol. The van der Waals surface area contributed by atoms with Crippen LogP contribution in [-0.2, 0) is 4.79 Å². The molecular formula is C24H23BrFN3O3. The van der Waals surface area contributed by atoms with Crippen LogP contribution in [0.4, 0.5) is 4.39 Å². The van der Waals surface area contributed by atoms with Gasteiger partial charge in [0.2, 0.25) is 0 Å². The van der Waals surface area contributed by atoms with Crippen LogP contribution in [0.2, 0.25) is 0 Å². The first kappa shape index (κ1) is 23.4. The van der Waals surface area contributed by atoms with Gasteiger partial charge in [-0.3, -0.25) is 9.59 Å². The minimum Gasteiger partial charge on any atom is -0.455 e. The molecule has 1 atom stereocenters. The second-order valence-corrected chi connectivity index (χ2v) is 8.48. The zero-order chi connectivity index (χ0) is 23.3. The van der Waals surface area contributed by atoms with E-state index in [1.165, 1.54) is 30.5 Å². The van der Waals surface area contributed by atoms with Crippen LogP contribution in [-0.4, -0.2) is 24.1 Å². The smallest absolute Gasteiger partial charge is 0.262 e. The third-order valence-electron chi connectivity index (χ3n) is 4.73. The summed E-state index contributed by atoms with van der Waals surface area (Å²) < 4.78 is 19.8. The molecule has 2 aromatic carbocycles. The number of hydrogen-bond donors (Lipinski definition) is 2. The van der Waals surface area contributed by atoms with Crippen molar-refractivity contribution in [1.82, 2.24) is 10.7 Å². The molecule has 0 aliphatic heterocycles. The van der Waals surface area contributed by atoms with Gasteiger partial charge in [0.05, 0.1) is 6.21 Å². The second kappa shape index (κ2) is 10.4. The van der Waals surface area contributed by atoms with Crippen LogP contribution >= 0.6 is 15.9 Å². The van der Waals surface area contributed by atoms with E-state index in [4.69, 9.17) is 4.42 Å². The van der Waals surface area contributed by atoms with Crippen LogP contribution in [0.25, 0.3) is 11.3 Å². The Kier molecular flexibility index (Phi) is 7.58. The molecule has 0 aliphatic rings. The number of furan rings is 1. The Balaban J connectivity index is 1.63. The van der Waals surface area contributed by atoms with Gasteiger partial charge in [-0.15, -0.1) is 0 Å². The summed E-state index contributed by atoms with van der Waals surface area (Å²) in [6.45, 7) is 5.61. The predicted octanol–water partition coefficient (Wildman–Crippen LogP) is 5.06. The van der Waals surface area contributed by atoms with Crippen molar-refractivity contribution in [2.75, 3.05) is 0 Å². The number of halogens is 2. The molecule has 0 saturated carbocycles. The lowest BCUT2D eigenvalue weighted by Gasteiger charge is -2.20. The number of nitrogens with zero attached hydrogens (tertiary/aromatic N) is 1. The number of carbonyl (C=O) groups is 2. The maximum atomic E-state index is 13.1. The van der Waals surface area contributed by atoms with Crippen LogP contribution < -0.4 is 10.7 Å². The van der Waals surface area contributed by atoms with E-state index in [0.717, 1.165) is 15.6 Å². The molecule has 0 spiro atoms. The number of carbonyl (C=O) groups excluding carboxylic acids is 2. The molecule has 1 heterocycles.